The Morgan fingerprint density at radius 1 is 1.00 bits per heavy atom. The monoisotopic (exact) mass is 489 g/mol. The Morgan fingerprint density at radius 2 is 1.79 bits per heavy atom. The van der Waals surface area contributed by atoms with Crippen LogP contribution in [0.3, 0.4) is 0 Å². The van der Waals surface area contributed by atoms with Gasteiger partial charge in [-0.15, -0.1) is 0 Å². The maximum Gasteiger partial charge on any atom is 0.146 e. The van der Waals surface area contributed by atoms with Crippen molar-refractivity contribution >= 4 is 23.2 Å². The van der Waals surface area contributed by atoms with Crippen LogP contribution in [0.15, 0.2) is 54.9 Å². The highest BCUT2D eigenvalue weighted by molar-refractivity contribution is 6.42. The van der Waals surface area contributed by atoms with Crippen molar-refractivity contribution in [2.75, 3.05) is 19.7 Å². The van der Waals surface area contributed by atoms with Crippen molar-refractivity contribution < 1.29 is 14.6 Å². The minimum atomic E-state index is -0.858. The fourth-order valence-electron chi connectivity index (χ4n) is 3.95. The zero-order valence-electron chi connectivity index (χ0n) is 18.7. The summed E-state index contributed by atoms with van der Waals surface area (Å²) < 4.78 is 13.6. The van der Waals surface area contributed by atoms with E-state index in [1.165, 1.54) is 5.56 Å². The third-order valence-electron chi connectivity index (χ3n) is 6.03. The van der Waals surface area contributed by atoms with E-state index in [1.807, 2.05) is 29.9 Å². The second-order valence-corrected chi connectivity index (χ2v) is 9.42. The normalized spacial score (nSPS) is 19.3. The molecule has 8 heteroatoms. The van der Waals surface area contributed by atoms with E-state index < -0.39 is 5.60 Å². The number of benzene rings is 2. The summed E-state index contributed by atoms with van der Waals surface area (Å²) >= 11 is 12.0. The van der Waals surface area contributed by atoms with Crippen LogP contribution in [0.1, 0.15) is 30.7 Å². The van der Waals surface area contributed by atoms with E-state index in [0.717, 1.165) is 37.6 Å². The quantitative estimate of drug-likeness (QED) is 0.476. The molecule has 0 bridgehead atoms. The van der Waals surface area contributed by atoms with Gasteiger partial charge in [-0.1, -0.05) is 35.3 Å². The molecule has 1 aromatic heterocycles. The standard InChI is InChI=1S/C25H29Cl2N3O3/c1-29-14-11-28-24(29)17-32-20-5-3-19(4-6-20)16-30-12-2-9-25(31,10-13-30)18-33-21-7-8-22(26)23(27)15-21/h3-8,11,14-15,31H,2,9-10,12-13,16-18H2,1H3/t25-/m1/s1. The number of nitrogens with zero attached hydrogens (tertiary/aromatic N) is 3. The predicted octanol–water partition coefficient (Wildman–Crippen LogP) is 5.10. The molecule has 1 atom stereocenters. The third-order valence-corrected chi connectivity index (χ3v) is 6.77. The molecule has 0 radical (unpaired) electrons. The number of ether oxygens (including phenoxy) is 2. The predicted molar refractivity (Wildman–Crippen MR) is 130 cm³/mol. The van der Waals surface area contributed by atoms with E-state index in [1.54, 1.807) is 24.4 Å². The Hall–Kier alpha value is -2.25. The Balaban J connectivity index is 1.26. The van der Waals surface area contributed by atoms with E-state index in [-0.39, 0.29) is 6.61 Å². The van der Waals surface area contributed by atoms with Gasteiger partial charge in [-0.2, -0.15) is 0 Å². The van der Waals surface area contributed by atoms with Crippen LogP contribution in [-0.2, 0) is 20.2 Å². The van der Waals surface area contributed by atoms with Gasteiger partial charge < -0.3 is 19.1 Å². The number of imidazole rings is 1. The number of rotatable bonds is 8. The van der Waals surface area contributed by atoms with Crippen molar-refractivity contribution in [1.82, 2.24) is 14.5 Å². The van der Waals surface area contributed by atoms with Crippen molar-refractivity contribution in [2.24, 2.45) is 7.05 Å². The molecule has 3 aromatic rings. The van der Waals surface area contributed by atoms with E-state index in [0.29, 0.717) is 35.2 Å². The second-order valence-electron chi connectivity index (χ2n) is 8.61. The van der Waals surface area contributed by atoms with Gasteiger partial charge in [0.05, 0.1) is 15.6 Å². The molecule has 6 nitrogen and oxygen atoms in total. The number of aromatic nitrogens is 2. The maximum absolute atomic E-state index is 11.1. The fraction of sp³-hybridized carbons (Fsp3) is 0.400. The molecule has 176 valence electrons. The van der Waals surface area contributed by atoms with Crippen LogP contribution in [0.25, 0.3) is 0 Å². The van der Waals surface area contributed by atoms with Crippen molar-refractivity contribution in [2.45, 2.75) is 38.0 Å². The zero-order valence-corrected chi connectivity index (χ0v) is 20.2. The zero-order chi connectivity index (χ0) is 23.3. The van der Waals surface area contributed by atoms with E-state index >= 15 is 0 Å². The third kappa shape index (κ3) is 6.64. The highest BCUT2D eigenvalue weighted by Crippen LogP contribution is 2.29. The number of likely N-dealkylation sites (tertiary alicyclic amines) is 1. The van der Waals surface area contributed by atoms with Gasteiger partial charge in [-0.25, -0.2) is 4.98 Å². The Kier molecular flexibility index (Phi) is 7.81. The van der Waals surface area contributed by atoms with Crippen LogP contribution in [0.2, 0.25) is 10.0 Å². The summed E-state index contributed by atoms with van der Waals surface area (Å²) in [6, 6.07) is 13.3. The summed E-state index contributed by atoms with van der Waals surface area (Å²) in [7, 11) is 1.95. The van der Waals surface area contributed by atoms with Crippen LogP contribution in [-0.4, -0.2) is 44.9 Å². The van der Waals surface area contributed by atoms with Crippen LogP contribution in [0, 0.1) is 0 Å². The molecule has 0 aliphatic carbocycles. The van der Waals surface area contributed by atoms with Crippen LogP contribution >= 0.6 is 23.2 Å². The minimum Gasteiger partial charge on any atom is -0.491 e. The topological polar surface area (TPSA) is 59.8 Å². The number of hydrogen-bond donors (Lipinski definition) is 1. The van der Waals surface area contributed by atoms with E-state index in [2.05, 4.69) is 22.0 Å². The lowest BCUT2D eigenvalue weighted by molar-refractivity contribution is -0.0168. The molecule has 2 heterocycles. The largest absolute Gasteiger partial charge is 0.491 e. The Labute approximate surface area is 204 Å². The van der Waals surface area contributed by atoms with Crippen molar-refractivity contribution in [3.8, 4) is 11.5 Å². The van der Waals surface area contributed by atoms with Gasteiger partial charge in [0.25, 0.3) is 0 Å². The van der Waals surface area contributed by atoms with Gasteiger partial charge in [0.2, 0.25) is 0 Å². The summed E-state index contributed by atoms with van der Waals surface area (Å²) in [5.74, 6) is 2.33. The van der Waals surface area contributed by atoms with Crippen molar-refractivity contribution in [3.05, 3.63) is 76.3 Å². The lowest BCUT2D eigenvalue weighted by atomic mass is 9.96. The van der Waals surface area contributed by atoms with Crippen molar-refractivity contribution in [1.29, 1.82) is 0 Å². The number of halogens is 2. The second kappa shape index (κ2) is 10.8. The average molecular weight is 490 g/mol. The van der Waals surface area contributed by atoms with Gasteiger partial charge in [0.1, 0.15) is 30.5 Å². The molecule has 1 aliphatic heterocycles. The first-order chi connectivity index (χ1) is 15.9. The molecule has 1 aliphatic rings. The lowest BCUT2D eigenvalue weighted by Gasteiger charge is -2.27. The Bertz CT molecular complexity index is 1060. The summed E-state index contributed by atoms with van der Waals surface area (Å²) in [5, 5.41) is 12.0. The smallest absolute Gasteiger partial charge is 0.146 e. The average Bonchev–Trinajstić information content (AvgIpc) is 3.13. The molecule has 0 amide bonds. The maximum atomic E-state index is 11.1. The molecule has 1 fully saturated rings. The van der Waals surface area contributed by atoms with Gasteiger partial charge in [0.15, 0.2) is 0 Å². The molecular weight excluding hydrogens is 461 g/mol. The fourth-order valence-corrected chi connectivity index (χ4v) is 4.24. The van der Waals surface area contributed by atoms with E-state index in [4.69, 9.17) is 32.7 Å². The number of aliphatic hydroxyl groups is 1. The van der Waals surface area contributed by atoms with Crippen LogP contribution in [0.5, 0.6) is 11.5 Å². The molecule has 33 heavy (non-hydrogen) atoms. The van der Waals surface area contributed by atoms with Gasteiger partial charge in [-0.05, 0) is 55.6 Å². The summed E-state index contributed by atoms with van der Waals surface area (Å²) in [6.45, 7) is 3.26. The lowest BCUT2D eigenvalue weighted by Crippen LogP contribution is -2.37. The van der Waals surface area contributed by atoms with E-state index in [9.17, 15) is 5.11 Å². The van der Waals surface area contributed by atoms with Gasteiger partial charge in [-0.3, -0.25) is 4.90 Å². The SMILES string of the molecule is Cn1ccnc1COc1ccc(CN2CCC[C@](O)(COc3ccc(Cl)c(Cl)c3)CC2)cc1. The molecule has 4 rings (SSSR count). The van der Waals surface area contributed by atoms with Crippen LogP contribution in [0.4, 0.5) is 0 Å². The first-order valence-electron chi connectivity index (χ1n) is 11.1. The molecule has 1 N–H and O–H groups in total. The molecule has 0 spiro atoms. The first-order valence-corrected chi connectivity index (χ1v) is 11.9. The first kappa shape index (κ1) is 23.9. The summed E-state index contributed by atoms with van der Waals surface area (Å²) in [4.78, 5) is 6.65. The van der Waals surface area contributed by atoms with Crippen LogP contribution < -0.4 is 9.47 Å². The highest BCUT2D eigenvalue weighted by Gasteiger charge is 2.31. The van der Waals surface area contributed by atoms with Gasteiger partial charge in [0, 0.05) is 38.6 Å². The Morgan fingerprint density at radius 3 is 2.52 bits per heavy atom. The number of aryl methyl sites for hydroxylation is 1. The number of hydrogen-bond acceptors (Lipinski definition) is 5. The molecule has 0 saturated carbocycles. The molecule has 2 aromatic carbocycles. The highest BCUT2D eigenvalue weighted by atomic mass is 35.5. The molecule has 0 unspecified atom stereocenters. The summed E-state index contributed by atoms with van der Waals surface area (Å²) in [5.41, 5.74) is 0.362. The minimum absolute atomic E-state index is 0.237. The summed E-state index contributed by atoms with van der Waals surface area (Å²) in [6.07, 6.45) is 5.93. The van der Waals surface area contributed by atoms with Gasteiger partial charge >= 0.3 is 0 Å². The molecular formula is C25H29Cl2N3O3. The van der Waals surface area contributed by atoms with Crippen molar-refractivity contribution in [3.63, 3.8) is 0 Å². The molecule has 1 saturated heterocycles.